The van der Waals surface area contributed by atoms with Gasteiger partial charge in [-0.15, -0.1) is 0 Å². The minimum absolute atomic E-state index is 0.0394. The number of hydrogen-bond donors (Lipinski definition) is 4. The fourth-order valence-electron chi connectivity index (χ4n) is 3.18. The highest BCUT2D eigenvalue weighted by atomic mass is 16.5. The van der Waals surface area contributed by atoms with E-state index in [2.05, 4.69) is 15.7 Å². The third-order valence-electron chi connectivity index (χ3n) is 4.51. The Morgan fingerprint density at radius 1 is 1.37 bits per heavy atom. The SMILES string of the molecule is CC(C)(C)C[n+]1c(O)c(C(=O)NC2CC2)c(=O)n2[nH]c3c(c21)COC(=O)N3. The molecule has 1 fully saturated rings. The summed E-state index contributed by atoms with van der Waals surface area (Å²) < 4.78 is 7.70. The predicted octanol–water partition coefficient (Wildman–Crippen LogP) is 0.621. The minimum atomic E-state index is -0.686. The number of aromatic nitrogens is 3. The van der Waals surface area contributed by atoms with Crippen molar-refractivity contribution in [1.29, 1.82) is 0 Å². The number of ether oxygens (including phenoxy) is 1. The van der Waals surface area contributed by atoms with Crippen molar-refractivity contribution in [2.75, 3.05) is 5.32 Å². The first kappa shape index (κ1) is 17.4. The summed E-state index contributed by atoms with van der Waals surface area (Å²) in [7, 11) is 0. The van der Waals surface area contributed by atoms with E-state index in [1.54, 1.807) is 0 Å². The molecular formula is C17H22N5O5+. The lowest BCUT2D eigenvalue weighted by Crippen LogP contribution is -2.48. The van der Waals surface area contributed by atoms with Crippen LogP contribution in [-0.4, -0.2) is 32.8 Å². The summed E-state index contributed by atoms with van der Waals surface area (Å²) >= 11 is 0. The number of aromatic amines is 1. The number of amides is 2. The second kappa shape index (κ2) is 5.73. The van der Waals surface area contributed by atoms with Crippen LogP contribution in [0.5, 0.6) is 5.88 Å². The maximum Gasteiger partial charge on any atom is 0.413 e. The van der Waals surface area contributed by atoms with Crippen molar-refractivity contribution in [3.05, 3.63) is 21.5 Å². The zero-order chi connectivity index (χ0) is 19.5. The van der Waals surface area contributed by atoms with Crippen LogP contribution in [-0.2, 0) is 17.9 Å². The molecule has 2 aliphatic rings. The van der Waals surface area contributed by atoms with Crippen molar-refractivity contribution in [1.82, 2.24) is 14.9 Å². The first-order valence-electron chi connectivity index (χ1n) is 8.83. The number of rotatable bonds is 3. The molecular weight excluding hydrogens is 354 g/mol. The van der Waals surface area contributed by atoms with Gasteiger partial charge in [-0.2, -0.15) is 4.57 Å². The van der Waals surface area contributed by atoms with Crippen LogP contribution >= 0.6 is 0 Å². The molecule has 27 heavy (non-hydrogen) atoms. The number of H-pyrrole nitrogens is 1. The van der Waals surface area contributed by atoms with Crippen LogP contribution in [0, 0.1) is 5.41 Å². The normalized spacial score (nSPS) is 16.6. The lowest BCUT2D eigenvalue weighted by Gasteiger charge is -2.18. The fourth-order valence-corrected chi connectivity index (χ4v) is 3.18. The molecule has 4 rings (SSSR count). The summed E-state index contributed by atoms with van der Waals surface area (Å²) in [6.45, 7) is 6.21. The molecule has 1 aliphatic carbocycles. The molecule has 0 unspecified atom stereocenters. The summed E-state index contributed by atoms with van der Waals surface area (Å²) in [6.07, 6.45) is 1.08. The number of cyclic esters (lactones) is 1. The molecule has 10 heteroatoms. The molecule has 0 spiro atoms. The molecule has 3 heterocycles. The van der Waals surface area contributed by atoms with Crippen molar-refractivity contribution in [2.45, 2.75) is 52.8 Å². The molecule has 0 bridgehead atoms. The minimum Gasteiger partial charge on any atom is -0.477 e. The highest BCUT2D eigenvalue weighted by Gasteiger charge is 2.38. The number of aromatic hydroxyl groups is 1. The van der Waals surface area contributed by atoms with E-state index in [0.29, 0.717) is 23.6 Å². The smallest absolute Gasteiger partial charge is 0.413 e. The van der Waals surface area contributed by atoms with E-state index < -0.39 is 23.4 Å². The van der Waals surface area contributed by atoms with Crippen LogP contribution in [0.2, 0.25) is 0 Å². The molecule has 1 saturated carbocycles. The summed E-state index contributed by atoms with van der Waals surface area (Å²) in [4.78, 5) is 37.1. The number of nitrogens with one attached hydrogen (secondary N) is 3. The summed E-state index contributed by atoms with van der Waals surface area (Å²) in [5.74, 6) is -0.693. The second-order valence-electron chi connectivity index (χ2n) is 8.22. The predicted molar refractivity (Wildman–Crippen MR) is 93.6 cm³/mol. The van der Waals surface area contributed by atoms with Crippen molar-refractivity contribution in [2.24, 2.45) is 5.41 Å². The van der Waals surface area contributed by atoms with Crippen molar-refractivity contribution < 1.29 is 24.0 Å². The lowest BCUT2D eigenvalue weighted by molar-refractivity contribution is -0.692. The number of carbonyl (C=O) groups excluding carboxylic acids is 2. The van der Waals surface area contributed by atoms with Gasteiger partial charge in [-0.05, 0) is 18.3 Å². The van der Waals surface area contributed by atoms with E-state index in [1.807, 2.05) is 20.8 Å². The van der Waals surface area contributed by atoms with E-state index in [-0.39, 0.29) is 23.6 Å². The van der Waals surface area contributed by atoms with E-state index in [1.165, 1.54) is 9.08 Å². The molecule has 144 valence electrons. The Kier molecular flexibility index (Phi) is 3.69. The van der Waals surface area contributed by atoms with Crippen LogP contribution in [0.25, 0.3) is 5.65 Å². The zero-order valence-corrected chi connectivity index (χ0v) is 15.4. The Hall–Kier alpha value is -3.04. The highest BCUT2D eigenvalue weighted by molar-refractivity contribution is 5.96. The van der Waals surface area contributed by atoms with E-state index in [4.69, 9.17) is 4.74 Å². The Bertz CT molecular complexity index is 1030. The average molecular weight is 376 g/mol. The van der Waals surface area contributed by atoms with Gasteiger partial charge in [0.05, 0.1) is 6.54 Å². The van der Waals surface area contributed by atoms with Crippen molar-refractivity contribution >= 4 is 23.5 Å². The topological polar surface area (TPSA) is 129 Å². The quantitative estimate of drug-likeness (QED) is 0.584. The van der Waals surface area contributed by atoms with Crippen LogP contribution in [0.3, 0.4) is 0 Å². The number of nitrogens with zero attached hydrogens (tertiary/aromatic N) is 2. The second-order valence-corrected chi connectivity index (χ2v) is 8.22. The maximum atomic E-state index is 13.0. The van der Waals surface area contributed by atoms with Crippen molar-refractivity contribution in [3.8, 4) is 5.88 Å². The molecule has 0 atom stereocenters. The van der Waals surface area contributed by atoms with Crippen LogP contribution in [0.4, 0.5) is 10.6 Å². The monoisotopic (exact) mass is 376 g/mol. The Morgan fingerprint density at radius 3 is 2.70 bits per heavy atom. The maximum absolute atomic E-state index is 13.0. The number of carbonyl (C=O) groups is 2. The van der Waals surface area contributed by atoms with Crippen molar-refractivity contribution in [3.63, 3.8) is 0 Å². The average Bonchev–Trinajstić information content (AvgIpc) is 3.28. The number of anilines is 1. The molecule has 0 aromatic carbocycles. The van der Waals surface area contributed by atoms with Gasteiger partial charge in [0.25, 0.3) is 5.91 Å². The summed E-state index contributed by atoms with van der Waals surface area (Å²) in [5.41, 5.74) is -0.387. The third kappa shape index (κ3) is 3.00. The van der Waals surface area contributed by atoms with Gasteiger partial charge in [0.15, 0.2) is 5.82 Å². The summed E-state index contributed by atoms with van der Waals surface area (Å²) in [6, 6.07) is 0.0394. The molecule has 0 saturated heterocycles. The van der Waals surface area contributed by atoms with Gasteiger partial charge in [-0.25, -0.2) is 14.7 Å². The molecule has 0 radical (unpaired) electrons. The lowest BCUT2D eigenvalue weighted by atomic mass is 9.96. The zero-order valence-electron chi connectivity index (χ0n) is 15.4. The van der Waals surface area contributed by atoms with Crippen LogP contribution in [0.15, 0.2) is 4.79 Å². The van der Waals surface area contributed by atoms with Gasteiger partial charge in [0.1, 0.15) is 12.2 Å². The molecule has 10 nitrogen and oxygen atoms in total. The molecule has 2 aromatic heterocycles. The number of fused-ring (bicyclic) bond motifs is 3. The van der Waals surface area contributed by atoms with Gasteiger partial charge in [-0.3, -0.25) is 10.1 Å². The Labute approximate surface area is 154 Å². The fraction of sp³-hybridized carbons (Fsp3) is 0.529. The molecule has 1 aliphatic heterocycles. The molecule has 2 aromatic rings. The Morgan fingerprint density at radius 2 is 2.07 bits per heavy atom. The first-order chi connectivity index (χ1) is 12.7. The van der Waals surface area contributed by atoms with Gasteiger partial charge in [-0.1, -0.05) is 25.3 Å². The van der Waals surface area contributed by atoms with Gasteiger partial charge in [0.2, 0.25) is 5.56 Å². The largest absolute Gasteiger partial charge is 0.477 e. The van der Waals surface area contributed by atoms with Crippen LogP contribution < -0.4 is 20.8 Å². The summed E-state index contributed by atoms with van der Waals surface area (Å²) in [5, 5.41) is 18.9. The van der Waals surface area contributed by atoms with E-state index >= 15 is 0 Å². The van der Waals surface area contributed by atoms with Gasteiger partial charge >= 0.3 is 23.2 Å². The molecule has 4 N–H and O–H groups in total. The Balaban J connectivity index is 1.98. The van der Waals surface area contributed by atoms with E-state index in [0.717, 1.165) is 12.8 Å². The molecule has 2 amide bonds. The standard InChI is InChI=1S/C17H21N5O5/c1-17(2,3)7-21-13-9-6-27-16(26)19-11(9)20-22(13)15(25)10(14(21)24)12(23)18-8-4-5-8/h8H,4-7H2,1-3H3,(H3,18,19,20,23,24,25,26)/p+1. The third-order valence-corrected chi connectivity index (χ3v) is 4.51. The number of hydrogen-bond acceptors (Lipinski definition) is 5. The van der Waals surface area contributed by atoms with Gasteiger partial charge < -0.3 is 15.2 Å². The first-order valence-corrected chi connectivity index (χ1v) is 8.83. The van der Waals surface area contributed by atoms with Crippen LogP contribution in [0.1, 0.15) is 49.5 Å². The van der Waals surface area contributed by atoms with E-state index in [9.17, 15) is 19.5 Å². The highest BCUT2D eigenvalue weighted by Crippen LogP contribution is 2.26. The van der Waals surface area contributed by atoms with Gasteiger partial charge in [0, 0.05) is 6.04 Å².